The molecule has 0 amide bonds. The zero-order valence-corrected chi connectivity index (χ0v) is 19.9. The Morgan fingerprint density at radius 2 is 2.03 bits per heavy atom. The minimum atomic E-state index is -0.771. The lowest BCUT2D eigenvalue weighted by Gasteiger charge is -2.32. The van der Waals surface area contributed by atoms with E-state index < -0.39 is 5.97 Å². The molecule has 2 aromatic carbocycles. The number of carbonyl (C=O) groups is 1. The Balaban J connectivity index is 1.50. The summed E-state index contributed by atoms with van der Waals surface area (Å²) in [5.74, 6) is -0.474. The minimum Gasteiger partial charge on any atom is -0.508 e. The lowest BCUT2D eigenvalue weighted by atomic mass is 9.80. The standard InChI is InChI=1S/C28H29NO3S/c1-28(2)22-8-3-4-9-23(22)29(15-14-26(31)32)25(28)13-11-18-6-5-7-20-16-19-10-12-21(30)17-24(19)33-27(18)20/h3-4,8-13,16-17,25,30H,5-7,14-15H2,1-2H3,(H,31,32). The van der Waals surface area contributed by atoms with Crippen LogP contribution in [-0.2, 0) is 10.2 Å². The number of benzene rings is 2. The summed E-state index contributed by atoms with van der Waals surface area (Å²) >= 11 is 1.76. The molecule has 4 nitrogen and oxygen atoms in total. The van der Waals surface area contributed by atoms with Crippen LogP contribution in [0.4, 0.5) is 5.69 Å². The fourth-order valence-corrected chi connectivity index (χ4v) is 6.59. The van der Waals surface area contributed by atoms with Crippen LogP contribution < -0.4 is 4.90 Å². The van der Waals surface area contributed by atoms with Crippen LogP contribution in [0.25, 0.3) is 6.08 Å². The molecule has 2 heterocycles. The Bertz CT molecular complexity index is 1210. The number of phenolic OH excluding ortho intramolecular Hbond substituents is 1. The van der Waals surface area contributed by atoms with Crippen molar-refractivity contribution in [1.82, 2.24) is 0 Å². The highest BCUT2D eigenvalue weighted by molar-refractivity contribution is 8.03. The average Bonchev–Trinajstić information content (AvgIpc) is 3.01. The molecule has 0 fully saturated rings. The maximum atomic E-state index is 11.3. The molecule has 1 atom stereocenters. The van der Waals surface area contributed by atoms with Gasteiger partial charge in [0.25, 0.3) is 0 Å². The van der Waals surface area contributed by atoms with E-state index in [9.17, 15) is 15.0 Å². The summed E-state index contributed by atoms with van der Waals surface area (Å²) in [6.45, 7) is 4.99. The molecule has 33 heavy (non-hydrogen) atoms. The number of nitrogens with zero attached hydrogens (tertiary/aromatic N) is 1. The summed E-state index contributed by atoms with van der Waals surface area (Å²) in [6, 6.07) is 14.0. The van der Waals surface area contributed by atoms with Crippen LogP contribution in [0, 0.1) is 0 Å². The highest BCUT2D eigenvalue weighted by Crippen LogP contribution is 2.49. The maximum absolute atomic E-state index is 11.3. The van der Waals surface area contributed by atoms with Crippen LogP contribution in [0.5, 0.6) is 5.75 Å². The Hall–Kier alpha value is -2.92. The van der Waals surface area contributed by atoms with Gasteiger partial charge in [0.1, 0.15) is 5.75 Å². The van der Waals surface area contributed by atoms with Crippen molar-refractivity contribution in [2.45, 2.75) is 55.9 Å². The van der Waals surface area contributed by atoms with E-state index in [1.54, 1.807) is 17.8 Å². The summed E-state index contributed by atoms with van der Waals surface area (Å²) in [7, 11) is 0. The lowest BCUT2D eigenvalue weighted by Crippen LogP contribution is -2.41. The molecule has 5 heteroatoms. The monoisotopic (exact) mass is 459 g/mol. The molecule has 0 aromatic heterocycles. The van der Waals surface area contributed by atoms with Gasteiger partial charge in [-0.05, 0) is 65.8 Å². The first-order valence-corrected chi connectivity index (χ1v) is 12.4. The SMILES string of the molecule is CC1(C)c2ccccc2N(CCC(=O)O)C1C=CC1=C2Sc3cc(O)ccc3C=C2CCC1. The van der Waals surface area contributed by atoms with Gasteiger partial charge in [-0.2, -0.15) is 0 Å². The Morgan fingerprint density at radius 1 is 1.21 bits per heavy atom. The number of thioether (sulfide) groups is 1. The topological polar surface area (TPSA) is 60.8 Å². The molecule has 5 rings (SSSR count). The molecule has 1 aliphatic carbocycles. The number of para-hydroxylation sites is 1. The van der Waals surface area contributed by atoms with E-state index in [1.165, 1.54) is 27.2 Å². The van der Waals surface area contributed by atoms with Crippen molar-refractivity contribution < 1.29 is 15.0 Å². The predicted molar refractivity (Wildman–Crippen MR) is 135 cm³/mol. The molecule has 2 N–H and O–H groups in total. The molecule has 2 aliphatic heterocycles. The molecule has 0 saturated carbocycles. The second-order valence-electron chi connectivity index (χ2n) is 9.58. The number of phenols is 1. The van der Waals surface area contributed by atoms with Crippen molar-refractivity contribution >= 4 is 29.5 Å². The number of fused-ring (bicyclic) bond motifs is 3. The van der Waals surface area contributed by atoms with Crippen molar-refractivity contribution in [2.75, 3.05) is 11.4 Å². The van der Waals surface area contributed by atoms with Gasteiger partial charge in [0, 0.05) is 27.4 Å². The van der Waals surface area contributed by atoms with Gasteiger partial charge in [-0.3, -0.25) is 4.79 Å². The first-order valence-electron chi connectivity index (χ1n) is 11.6. The van der Waals surface area contributed by atoms with Crippen LogP contribution in [0.2, 0.25) is 0 Å². The summed E-state index contributed by atoms with van der Waals surface area (Å²) < 4.78 is 0. The first kappa shape index (κ1) is 21.9. The molecule has 2 aromatic rings. The third kappa shape index (κ3) is 3.99. The summed E-state index contributed by atoms with van der Waals surface area (Å²) in [5.41, 5.74) is 6.16. The third-order valence-corrected chi connectivity index (χ3v) is 8.35. The molecule has 0 radical (unpaired) electrons. The van der Waals surface area contributed by atoms with E-state index in [0.717, 1.165) is 29.8 Å². The summed E-state index contributed by atoms with van der Waals surface area (Å²) in [6.07, 6.45) is 10.2. The third-order valence-electron chi connectivity index (χ3n) is 7.04. The van der Waals surface area contributed by atoms with Crippen LogP contribution in [-0.4, -0.2) is 28.8 Å². The van der Waals surface area contributed by atoms with Gasteiger partial charge >= 0.3 is 5.97 Å². The lowest BCUT2D eigenvalue weighted by molar-refractivity contribution is -0.136. The number of rotatable bonds is 5. The number of carboxylic acids is 1. The van der Waals surface area contributed by atoms with Gasteiger partial charge < -0.3 is 15.1 Å². The highest BCUT2D eigenvalue weighted by Gasteiger charge is 2.42. The first-order chi connectivity index (χ1) is 15.8. The second kappa shape index (κ2) is 8.45. The van der Waals surface area contributed by atoms with E-state index >= 15 is 0 Å². The fraction of sp³-hybridized carbons (Fsp3) is 0.321. The molecular formula is C28H29NO3S. The molecule has 170 valence electrons. The molecule has 3 aliphatic rings. The van der Waals surface area contributed by atoms with Gasteiger partial charge in [-0.25, -0.2) is 0 Å². The van der Waals surface area contributed by atoms with Crippen LogP contribution in [0.1, 0.15) is 50.7 Å². The van der Waals surface area contributed by atoms with Crippen LogP contribution in [0.15, 0.2) is 75.6 Å². The predicted octanol–water partition coefficient (Wildman–Crippen LogP) is 6.52. The van der Waals surface area contributed by atoms with Crippen molar-refractivity contribution in [3.8, 4) is 5.75 Å². The molecule has 0 bridgehead atoms. The van der Waals surface area contributed by atoms with E-state index in [4.69, 9.17) is 0 Å². The van der Waals surface area contributed by atoms with E-state index in [2.05, 4.69) is 55.2 Å². The van der Waals surface area contributed by atoms with Crippen molar-refractivity contribution in [2.24, 2.45) is 0 Å². The van der Waals surface area contributed by atoms with Crippen molar-refractivity contribution in [1.29, 1.82) is 0 Å². The van der Waals surface area contributed by atoms with E-state index in [0.29, 0.717) is 12.3 Å². The number of anilines is 1. The Labute approximate surface area is 199 Å². The van der Waals surface area contributed by atoms with Gasteiger partial charge in [-0.15, -0.1) is 0 Å². The normalized spacial score (nSPS) is 21.0. The number of hydrogen-bond acceptors (Lipinski definition) is 4. The van der Waals surface area contributed by atoms with E-state index in [-0.39, 0.29) is 17.9 Å². The number of aliphatic carboxylic acids is 1. The zero-order chi connectivity index (χ0) is 23.2. The van der Waals surface area contributed by atoms with E-state index in [1.807, 2.05) is 18.2 Å². The molecule has 1 unspecified atom stereocenters. The quantitative estimate of drug-likeness (QED) is 0.533. The Kier molecular flexibility index (Phi) is 5.61. The van der Waals surface area contributed by atoms with Crippen molar-refractivity contribution in [3.63, 3.8) is 0 Å². The van der Waals surface area contributed by atoms with Crippen LogP contribution in [0.3, 0.4) is 0 Å². The maximum Gasteiger partial charge on any atom is 0.305 e. The van der Waals surface area contributed by atoms with Crippen molar-refractivity contribution in [3.05, 3.63) is 81.8 Å². The summed E-state index contributed by atoms with van der Waals surface area (Å²) in [5, 5.41) is 19.3. The smallest absolute Gasteiger partial charge is 0.305 e. The average molecular weight is 460 g/mol. The molecular weight excluding hydrogens is 430 g/mol. The highest BCUT2D eigenvalue weighted by atomic mass is 32.2. The number of aromatic hydroxyl groups is 1. The Morgan fingerprint density at radius 3 is 2.85 bits per heavy atom. The van der Waals surface area contributed by atoms with Crippen LogP contribution >= 0.6 is 11.8 Å². The van der Waals surface area contributed by atoms with Gasteiger partial charge in [0.2, 0.25) is 0 Å². The number of allylic oxidation sites excluding steroid dienone is 3. The number of hydrogen-bond donors (Lipinski definition) is 2. The van der Waals surface area contributed by atoms with Gasteiger partial charge in [-0.1, -0.05) is 62.0 Å². The molecule has 0 spiro atoms. The zero-order valence-electron chi connectivity index (χ0n) is 19.0. The molecule has 0 saturated heterocycles. The fourth-order valence-electron chi connectivity index (χ4n) is 5.35. The summed E-state index contributed by atoms with van der Waals surface area (Å²) in [4.78, 5) is 16.0. The largest absolute Gasteiger partial charge is 0.508 e. The number of carboxylic acid groups (broad SMARTS) is 1. The van der Waals surface area contributed by atoms with Gasteiger partial charge in [0.05, 0.1) is 12.5 Å². The minimum absolute atomic E-state index is 0.0848. The van der Waals surface area contributed by atoms with Gasteiger partial charge in [0.15, 0.2) is 0 Å². The second-order valence-corrected chi connectivity index (χ2v) is 10.6.